The van der Waals surface area contributed by atoms with Crippen molar-refractivity contribution in [1.29, 1.82) is 0 Å². The summed E-state index contributed by atoms with van der Waals surface area (Å²) in [7, 11) is 7.13. The zero-order valence-corrected chi connectivity index (χ0v) is 15.1. The number of ether oxygens (including phenoxy) is 2. The second kappa shape index (κ2) is 8.56. The first-order valence-electron chi connectivity index (χ1n) is 7.50. The van der Waals surface area contributed by atoms with E-state index < -0.39 is 0 Å². The molecule has 0 bridgehead atoms. The number of anilines is 1. The van der Waals surface area contributed by atoms with Gasteiger partial charge >= 0.3 is 6.03 Å². The summed E-state index contributed by atoms with van der Waals surface area (Å²) < 4.78 is 10.4. The first kappa shape index (κ1) is 18.1. The van der Waals surface area contributed by atoms with Gasteiger partial charge in [-0.3, -0.25) is 0 Å². The Hall–Kier alpha value is -2.25. The molecule has 1 atom stereocenters. The minimum Gasteiger partial charge on any atom is -0.493 e. The van der Waals surface area contributed by atoms with Crippen molar-refractivity contribution in [2.24, 2.45) is 0 Å². The second-order valence-electron chi connectivity index (χ2n) is 5.44. The standard InChI is InChI=1S/C17H23N3O3S/c1-20(2)14(12-7-8-24-11-12)10-18-17(21)19-13-5-6-15(22-3)16(9-13)23-4/h5-9,11,14H,10H2,1-4H3,(H2,18,19,21)/t14-/m1/s1. The lowest BCUT2D eigenvalue weighted by atomic mass is 10.1. The first-order valence-corrected chi connectivity index (χ1v) is 8.44. The summed E-state index contributed by atoms with van der Waals surface area (Å²) >= 11 is 1.65. The first-order chi connectivity index (χ1) is 11.5. The summed E-state index contributed by atoms with van der Waals surface area (Å²) in [4.78, 5) is 14.2. The maximum Gasteiger partial charge on any atom is 0.319 e. The Labute approximate surface area is 146 Å². The van der Waals surface area contributed by atoms with Gasteiger partial charge in [0, 0.05) is 18.3 Å². The number of likely N-dealkylation sites (N-methyl/N-ethyl adjacent to an activating group) is 1. The van der Waals surface area contributed by atoms with Crippen molar-refractivity contribution >= 4 is 23.1 Å². The van der Waals surface area contributed by atoms with Gasteiger partial charge in [-0.05, 0) is 48.6 Å². The minimum atomic E-state index is -0.260. The third-order valence-electron chi connectivity index (χ3n) is 3.65. The molecule has 0 unspecified atom stereocenters. The number of hydrogen-bond acceptors (Lipinski definition) is 5. The number of carbonyl (C=O) groups is 1. The molecule has 0 aliphatic heterocycles. The zero-order valence-electron chi connectivity index (χ0n) is 14.3. The lowest BCUT2D eigenvalue weighted by molar-refractivity contribution is 0.243. The second-order valence-corrected chi connectivity index (χ2v) is 6.22. The van der Waals surface area contributed by atoms with Gasteiger partial charge in [-0.2, -0.15) is 11.3 Å². The van der Waals surface area contributed by atoms with E-state index in [2.05, 4.69) is 27.0 Å². The number of carbonyl (C=O) groups excluding carboxylic acids is 1. The molecule has 2 aromatic rings. The predicted octanol–water partition coefficient (Wildman–Crippen LogP) is 3.19. The lowest BCUT2D eigenvalue weighted by Crippen LogP contribution is -2.36. The van der Waals surface area contributed by atoms with E-state index in [1.165, 1.54) is 5.56 Å². The van der Waals surface area contributed by atoms with E-state index in [-0.39, 0.29) is 12.1 Å². The summed E-state index contributed by atoms with van der Waals surface area (Å²) in [5.41, 5.74) is 1.83. The number of rotatable bonds is 7. The van der Waals surface area contributed by atoms with Gasteiger partial charge in [0.25, 0.3) is 0 Å². The van der Waals surface area contributed by atoms with Crippen molar-refractivity contribution in [3.63, 3.8) is 0 Å². The highest BCUT2D eigenvalue weighted by Crippen LogP contribution is 2.29. The molecule has 0 saturated heterocycles. The van der Waals surface area contributed by atoms with E-state index in [0.717, 1.165) is 0 Å². The number of urea groups is 1. The summed E-state index contributed by atoms with van der Waals surface area (Å²) in [5, 5.41) is 9.85. The number of amides is 2. The fourth-order valence-electron chi connectivity index (χ4n) is 2.34. The van der Waals surface area contributed by atoms with Gasteiger partial charge in [-0.1, -0.05) is 0 Å². The smallest absolute Gasteiger partial charge is 0.319 e. The highest BCUT2D eigenvalue weighted by atomic mass is 32.1. The molecule has 0 radical (unpaired) electrons. The SMILES string of the molecule is COc1ccc(NC(=O)NC[C@H](c2ccsc2)N(C)C)cc1OC. The highest BCUT2D eigenvalue weighted by Gasteiger charge is 2.16. The molecular formula is C17H23N3O3S. The van der Waals surface area contributed by atoms with Gasteiger partial charge in [-0.25, -0.2) is 4.79 Å². The molecule has 6 nitrogen and oxygen atoms in total. The van der Waals surface area contributed by atoms with E-state index in [9.17, 15) is 4.79 Å². The van der Waals surface area contributed by atoms with Crippen LogP contribution in [0.15, 0.2) is 35.0 Å². The average molecular weight is 349 g/mol. The molecule has 130 valence electrons. The third-order valence-corrected chi connectivity index (χ3v) is 4.35. The van der Waals surface area contributed by atoms with Gasteiger partial charge in [0.05, 0.1) is 20.3 Å². The van der Waals surface area contributed by atoms with Crippen LogP contribution >= 0.6 is 11.3 Å². The van der Waals surface area contributed by atoms with Gasteiger partial charge in [0.15, 0.2) is 11.5 Å². The molecule has 2 N–H and O–H groups in total. The van der Waals surface area contributed by atoms with Crippen molar-refractivity contribution < 1.29 is 14.3 Å². The fraction of sp³-hybridized carbons (Fsp3) is 0.353. The number of thiophene rings is 1. The van der Waals surface area contributed by atoms with Crippen molar-refractivity contribution in [2.45, 2.75) is 6.04 Å². The molecular weight excluding hydrogens is 326 g/mol. The van der Waals surface area contributed by atoms with Crippen LogP contribution in [0.3, 0.4) is 0 Å². The van der Waals surface area contributed by atoms with Crippen molar-refractivity contribution in [3.05, 3.63) is 40.6 Å². The average Bonchev–Trinajstić information content (AvgIpc) is 3.08. The predicted molar refractivity (Wildman–Crippen MR) is 97.3 cm³/mol. The summed E-state index contributed by atoms with van der Waals surface area (Å²) in [6.45, 7) is 0.517. The summed E-state index contributed by atoms with van der Waals surface area (Å²) in [5.74, 6) is 1.19. The van der Waals surface area contributed by atoms with Crippen LogP contribution in [0, 0.1) is 0 Å². The molecule has 1 aromatic carbocycles. The van der Waals surface area contributed by atoms with Crippen LogP contribution in [0.4, 0.5) is 10.5 Å². The Morgan fingerprint density at radius 1 is 1.21 bits per heavy atom. The van der Waals surface area contributed by atoms with Crippen LogP contribution in [0.25, 0.3) is 0 Å². The molecule has 1 aromatic heterocycles. The lowest BCUT2D eigenvalue weighted by Gasteiger charge is -2.24. The number of benzene rings is 1. The van der Waals surface area contributed by atoms with Crippen LogP contribution in [0.2, 0.25) is 0 Å². The Kier molecular flexibility index (Phi) is 6.45. The molecule has 2 amide bonds. The molecule has 0 fully saturated rings. The largest absolute Gasteiger partial charge is 0.493 e. The number of hydrogen-bond donors (Lipinski definition) is 2. The van der Waals surface area contributed by atoms with E-state index in [1.807, 2.05) is 19.5 Å². The van der Waals surface area contributed by atoms with E-state index >= 15 is 0 Å². The molecule has 1 heterocycles. The van der Waals surface area contributed by atoms with Crippen LogP contribution in [-0.4, -0.2) is 45.8 Å². The molecule has 0 aliphatic carbocycles. The van der Waals surface area contributed by atoms with Crippen LogP contribution in [0.5, 0.6) is 11.5 Å². The molecule has 24 heavy (non-hydrogen) atoms. The Morgan fingerprint density at radius 2 is 1.96 bits per heavy atom. The highest BCUT2D eigenvalue weighted by molar-refractivity contribution is 7.07. The van der Waals surface area contributed by atoms with Crippen LogP contribution in [-0.2, 0) is 0 Å². The topological polar surface area (TPSA) is 62.8 Å². The molecule has 2 rings (SSSR count). The number of nitrogens with zero attached hydrogens (tertiary/aromatic N) is 1. The molecule has 0 saturated carbocycles. The van der Waals surface area contributed by atoms with E-state index in [0.29, 0.717) is 23.7 Å². The summed E-state index contributed by atoms with van der Waals surface area (Å²) in [6, 6.07) is 7.19. The van der Waals surface area contributed by atoms with E-state index in [4.69, 9.17) is 9.47 Å². The minimum absolute atomic E-state index is 0.132. The zero-order chi connectivity index (χ0) is 17.5. The molecule has 0 spiro atoms. The molecule has 7 heteroatoms. The number of methoxy groups -OCH3 is 2. The van der Waals surface area contributed by atoms with Gasteiger partial charge < -0.3 is 25.0 Å². The van der Waals surface area contributed by atoms with Gasteiger partial charge in [0.1, 0.15) is 0 Å². The monoisotopic (exact) mass is 349 g/mol. The van der Waals surface area contributed by atoms with Crippen molar-refractivity contribution in [3.8, 4) is 11.5 Å². The Bertz CT molecular complexity index is 659. The quantitative estimate of drug-likeness (QED) is 0.806. The number of nitrogens with one attached hydrogen (secondary N) is 2. The fourth-order valence-corrected chi connectivity index (χ4v) is 3.05. The van der Waals surface area contributed by atoms with E-state index in [1.54, 1.807) is 43.8 Å². The van der Waals surface area contributed by atoms with Gasteiger partial charge in [-0.15, -0.1) is 0 Å². The third kappa shape index (κ3) is 4.62. The van der Waals surface area contributed by atoms with Crippen LogP contribution < -0.4 is 20.1 Å². The normalized spacial score (nSPS) is 11.9. The van der Waals surface area contributed by atoms with Gasteiger partial charge in [0.2, 0.25) is 0 Å². The van der Waals surface area contributed by atoms with Crippen molar-refractivity contribution in [1.82, 2.24) is 10.2 Å². The van der Waals surface area contributed by atoms with Crippen LogP contribution in [0.1, 0.15) is 11.6 Å². The Balaban J connectivity index is 1.95. The molecule has 0 aliphatic rings. The van der Waals surface area contributed by atoms with Crippen molar-refractivity contribution in [2.75, 3.05) is 40.2 Å². The maximum absolute atomic E-state index is 12.2. The Morgan fingerprint density at radius 3 is 2.54 bits per heavy atom. The summed E-state index contributed by atoms with van der Waals surface area (Å²) in [6.07, 6.45) is 0. The maximum atomic E-state index is 12.2.